The molecule has 0 bridgehead atoms. The maximum atomic E-state index is 11.0. The number of carbonyl (C=O) groups is 1. The van der Waals surface area contributed by atoms with Crippen molar-refractivity contribution in [3.05, 3.63) is 22.2 Å². The number of primary amides is 1. The summed E-state index contributed by atoms with van der Waals surface area (Å²) in [4.78, 5) is 12.0. The lowest BCUT2D eigenvalue weighted by molar-refractivity contribution is 0.100. The van der Waals surface area contributed by atoms with Crippen molar-refractivity contribution < 1.29 is 4.79 Å². The van der Waals surface area contributed by atoms with Crippen molar-refractivity contribution in [2.45, 2.75) is 11.8 Å². The number of nitrogen functional groups attached to an aromatic ring is 1. The molecule has 1 aromatic rings. The Morgan fingerprint density at radius 1 is 1.57 bits per heavy atom. The van der Waals surface area contributed by atoms with Gasteiger partial charge in [-0.15, -0.1) is 11.8 Å². The van der Waals surface area contributed by atoms with E-state index in [0.29, 0.717) is 11.3 Å². The molecule has 5 heteroatoms. The van der Waals surface area contributed by atoms with Crippen LogP contribution < -0.4 is 11.5 Å². The van der Waals surface area contributed by atoms with Gasteiger partial charge < -0.3 is 11.5 Å². The second-order valence-electron chi connectivity index (χ2n) is 2.67. The average Bonchev–Trinajstić information content (AvgIpc) is 2.09. The van der Waals surface area contributed by atoms with Gasteiger partial charge in [-0.05, 0) is 33.8 Å². The molecule has 0 atom stereocenters. The van der Waals surface area contributed by atoms with Crippen LogP contribution in [0.25, 0.3) is 0 Å². The molecule has 0 saturated heterocycles. The standard InChI is InChI=1S/C9H11BrN2OS/c1-2-14-8-3-5(9(12)13)7(11)4-6(8)10/h3-4H,2,11H2,1H3,(H2,12,13). The van der Waals surface area contributed by atoms with E-state index in [2.05, 4.69) is 15.9 Å². The lowest BCUT2D eigenvalue weighted by Crippen LogP contribution is -2.13. The number of carbonyl (C=O) groups excluding carboxylic acids is 1. The molecule has 76 valence electrons. The summed E-state index contributed by atoms with van der Waals surface area (Å²) in [6, 6.07) is 3.42. The molecule has 0 aliphatic carbocycles. The molecule has 14 heavy (non-hydrogen) atoms. The van der Waals surface area contributed by atoms with Crippen LogP contribution in [0.4, 0.5) is 5.69 Å². The van der Waals surface area contributed by atoms with Crippen LogP contribution in [0.3, 0.4) is 0 Å². The number of amides is 1. The second-order valence-corrected chi connectivity index (χ2v) is 4.83. The summed E-state index contributed by atoms with van der Waals surface area (Å²) in [6.45, 7) is 2.04. The number of thioether (sulfide) groups is 1. The fourth-order valence-corrected chi connectivity index (χ4v) is 2.46. The minimum absolute atomic E-state index is 0.379. The van der Waals surface area contributed by atoms with Crippen LogP contribution in [0.1, 0.15) is 17.3 Å². The van der Waals surface area contributed by atoms with E-state index in [1.165, 1.54) is 0 Å². The molecule has 1 rings (SSSR count). The third-order valence-electron chi connectivity index (χ3n) is 1.67. The molecule has 4 N–H and O–H groups in total. The molecule has 0 aliphatic heterocycles. The van der Waals surface area contributed by atoms with E-state index in [-0.39, 0.29) is 0 Å². The Kier molecular flexibility index (Phi) is 3.83. The topological polar surface area (TPSA) is 69.1 Å². The molecule has 1 amide bonds. The SMILES string of the molecule is CCSc1cc(C(N)=O)c(N)cc1Br. The van der Waals surface area contributed by atoms with Gasteiger partial charge in [-0.2, -0.15) is 0 Å². The van der Waals surface area contributed by atoms with E-state index < -0.39 is 5.91 Å². The summed E-state index contributed by atoms with van der Waals surface area (Å²) in [5.41, 5.74) is 11.6. The van der Waals surface area contributed by atoms with Crippen LogP contribution in [-0.2, 0) is 0 Å². The van der Waals surface area contributed by atoms with Gasteiger partial charge in [-0.3, -0.25) is 4.79 Å². The summed E-state index contributed by atoms with van der Waals surface area (Å²) in [5.74, 6) is 0.439. The Hall–Kier alpha value is -0.680. The van der Waals surface area contributed by atoms with Crippen LogP contribution in [0.5, 0.6) is 0 Å². The first-order valence-corrected chi connectivity index (χ1v) is 5.85. The predicted octanol–water partition coefficient (Wildman–Crippen LogP) is 2.24. The van der Waals surface area contributed by atoms with Crippen molar-refractivity contribution in [1.82, 2.24) is 0 Å². The Labute approximate surface area is 95.4 Å². The lowest BCUT2D eigenvalue weighted by Gasteiger charge is -2.07. The molecular weight excluding hydrogens is 264 g/mol. The highest BCUT2D eigenvalue weighted by molar-refractivity contribution is 9.10. The van der Waals surface area contributed by atoms with Gasteiger partial charge in [-0.1, -0.05) is 6.92 Å². The van der Waals surface area contributed by atoms with Gasteiger partial charge >= 0.3 is 0 Å². The minimum atomic E-state index is -0.493. The van der Waals surface area contributed by atoms with E-state index >= 15 is 0 Å². The number of anilines is 1. The van der Waals surface area contributed by atoms with Gasteiger partial charge in [0.1, 0.15) is 0 Å². The van der Waals surface area contributed by atoms with Crippen LogP contribution in [0.15, 0.2) is 21.5 Å². The van der Waals surface area contributed by atoms with Gasteiger partial charge in [0.15, 0.2) is 0 Å². The largest absolute Gasteiger partial charge is 0.398 e. The van der Waals surface area contributed by atoms with Gasteiger partial charge in [0, 0.05) is 15.1 Å². The number of nitrogens with two attached hydrogens (primary N) is 2. The molecule has 0 fully saturated rings. The van der Waals surface area contributed by atoms with E-state index in [0.717, 1.165) is 15.1 Å². The van der Waals surface area contributed by atoms with E-state index in [1.807, 2.05) is 6.92 Å². The maximum absolute atomic E-state index is 11.0. The number of benzene rings is 1. The first-order chi connectivity index (χ1) is 6.56. The molecule has 0 aromatic heterocycles. The quantitative estimate of drug-likeness (QED) is 0.656. The molecule has 1 aromatic carbocycles. The molecular formula is C9H11BrN2OS. The zero-order chi connectivity index (χ0) is 10.7. The first-order valence-electron chi connectivity index (χ1n) is 4.08. The van der Waals surface area contributed by atoms with Gasteiger partial charge in [-0.25, -0.2) is 0 Å². The smallest absolute Gasteiger partial charge is 0.250 e. The molecule has 3 nitrogen and oxygen atoms in total. The Balaban J connectivity index is 3.20. The maximum Gasteiger partial charge on any atom is 0.250 e. The monoisotopic (exact) mass is 274 g/mol. The average molecular weight is 275 g/mol. The first kappa shape index (κ1) is 11.4. The molecule has 0 heterocycles. The van der Waals surface area contributed by atoms with Crippen LogP contribution in [-0.4, -0.2) is 11.7 Å². The van der Waals surface area contributed by atoms with Gasteiger partial charge in [0.05, 0.1) is 5.56 Å². The van der Waals surface area contributed by atoms with Crippen LogP contribution in [0.2, 0.25) is 0 Å². The van der Waals surface area contributed by atoms with Crippen LogP contribution >= 0.6 is 27.7 Å². The van der Waals surface area contributed by atoms with Crippen molar-refractivity contribution in [3.8, 4) is 0 Å². The fraction of sp³-hybridized carbons (Fsp3) is 0.222. The zero-order valence-corrected chi connectivity index (χ0v) is 10.1. The van der Waals surface area contributed by atoms with Crippen molar-refractivity contribution in [1.29, 1.82) is 0 Å². The third-order valence-corrected chi connectivity index (χ3v) is 3.53. The summed E-state index contributed by atoms with van der Waals surface area (Å²) in [7, 11) is 0. The number of rotatable bonds is 3. The molecule has 0 radical (unpaired) electrons. The molecule has 0 aliphatic rings. The summed E-state index contributed by atoms with van der Waals surface area (Å²) in [6.07, 6.45) is 0. The second kappa shape index (κ2) is 4.70. The van der Waals surface area contributed by atoms with Crippen LogP contribution in [0, 0.1) is 0 Å². The highest BCUT2D eigenvalue weighted by Gasteiger charge is 2.10. The normalized spacial score (nSPS) is 10.1. The number of hydrogen-bond acceptors (Lipinski definition) is 3. The highest BCUT2D eigenvalue weighted by atomic mass is 79.9. The third kappa shape index (κ3) is 2.42. The van der Waals surface area contributed by atoms with E-state index in [9.17, 15) is 4.79 Å². The lowest BCUT2D eigenvalue weighted by atomic mass is 10.2. The summed E-state index contributed by atoms with van der Waals surface area (Å²) >= 11 is 5.01. The molecule has 0 saturated carbocycles. The van der Waals surface area contributed by atoms with Gasteiger partial charge in [0.25, 0.3) is 5.91 Å². The van der Waals surface area contributed by atoms with Crippen molar-refractivity contribution in [2.24, 2.45) is 5.73 Å². The van der Waals surface area contributed by atoms with Gasteiger partial charge in [0.2, 0.25) is 0 Å². The Bertz CT molecular complexity index is 368. The number of halogens is 1. The summed E-state index contributed by atoms with van der Waals surface area (Å²) < 4.78 is 0.895. The minimum Gasteiger partial charge on any atom is -0.398 e. The fourth-order valence-electron chi connectivity index (χ4n) is 1.05. The number of hydrogen-bond donors (Lipinski definition) is 2. The van der Waals surface area contributed by atoms with Crippen molar-refractivity contribution in [3.63, 3.8) is 0 Å². The Morgan fingerprint density at radius 2 is 2.21 bits per heavy atom. The zero-order valence-electron chi connectivity index (χ0n) is 7.71. The van der Waals surface area contributed by atoms with E-state index in [1.54, 1.807) is 23.9 Å². The summed E-state index contributed by atoms with van der Waals surface area (Å²) in [5, 5.41) is 0. The molecule has 0 unspecified atom stereocenters. The predicted molar refractivity (Wildman–Crippen MR) is 63.5 cm³/mol. The highest BCUT2D eigenvalue weighted by Crippen LogP contribution is 2.31. The van der Waals surface area contributed by atoms with Crippen molar-refractivity contribution in [2.75, 3.05) is 11.5 Å². The molecule has 0 spiro atoms. The Morgan fingerprint density at radius 3 is 2.71 bits per heavy atom. The van der Waals surface area contributed by atoms with E-state index in [4.69, 9.17) is 11.5 Å². The van der Waals surface area contributed by atoms with Crippen molar-refractivity contribution >= 4 is 39.3 Å².